The highest BCUT2D eigenvalue weighted by atomic mass is 35.5. The Morgan fingerprint density at radius 2 is 1.90 bits per heavy atom. The second-order valence-corrected chi connectivity index (χ2v) is 7.26. The molecule has 1 fully saturated rings. The molecule has 0 saturated carbocycles. The normalized spacial score (nSPS) is 15.9. The maximum absolute atomic E-state index is 12.5. The predicted octanol–water partition coefficient (Wildman–Crippen LogP) is 2.43. The van der Waals surface area contributed by atoms with Crippen LogP contribution in [0.1, 0.15) is 5.69 Å². The molecule has 3 aromatic rings. The first kappa shape index (κ1) is 19.7. The molecular weight excluding hydrogens is 409 g/mol. The summed E-state index contributed by atoms with van der Waals surface area (Å²) in [5.41, 5.74) is 1.27. The van der Waals surface area contributed by atoms with Crippen LogP contribution in [0.15, 0.2) is 41.6 Å². The maximum atomic E-state index is 12.5. The van der Waals surface area contributed by atoms with Gasteiger partial charge in [-0.05, 0) is 12.1 Å². The van der Waals surface area contributed by atoms with E-state index in [0.717, 1.165) is 11.3 Å². The summed E-state index contributed by atoms with van der Waals surface area (Å²) in [5, 5.41) is 3.40. The fourth-order valence-corrected chi connectivity index (χ4v) is 3.66. The number of rotatable bonds is 4. The fourth-order valence-electron chi connectivity index (χ4n) is 3.40. The second kappa shape index (κ2) is 7.68. The van der Waals surface area contributed by atoms with Crippen molar-refractivity contribution >= 4 is 22.9 Å². The van der Waals surface area contributed by atoms with Gasteiger partial charge in [-0.2, -0.15) is 18.3 Å². The molecule has 4 heterocycles. The van der Waals surface area contributed by atoms with Gasteiger partial charge < -0.3 is 9.30 Å². The topological polar surface area (TPSA) is 58.7 Å². The molecule has 3 aromatic heterocycles. The van der Waals surface area contributed by atoms with Gasteiger partial charge in [0.1, 0.15) is 17.2 Å². The number of alkyl halides is 3. The van der Waals surface area contributed by atoms with Crippen LogP contribution < -0.4 is 10.5 Å². The van der Waals surface area contributed by atoms with Gasteiger partial charge in [-0.25, -0.2) is 9.67 Å². The number of nitrogens with zero attached hydrogens (tertiary/aromatic N) is 6. The molecule has 1 aliphatic rings. The summed E-state index contributed by atoms with van der Waals surface area (Å²) in [5.74, 6) is 0. The average molecular weight is 427 g/mol. The summed E-state index contributed by atoms with van der Waals surface area (Å²) in [6.07, 6.45) is 0.626. The van der Waals surface area contributed by atoms with Gasteiger partial charge in [0.05, 0.1) is 17.6 Å². The van der Waals surface area contributed by atoms with Gasteiger partial charge in [-0.1, -0.05) is 17.7 Å². The molecule has 0 N–H and O–H groups in total. The summed E-state index contributed by atoms with van der Waals surface area (Å²) < 4.78 is 39.9. The maximum Gasteiger partial charge on any atom is 0.408 e. The number of hydrogen-bond donors (Lipinski definition) is 0. The first-order valence-electron chi connectivity index (χ1n) is 9.02. The molecule has 0 atom stereocenters. The van der Waals surface area contributed by atoms with E-state index in [-0.39, 0.29) is 5.02 Å². The number of pyridine rings is 1. The first-order chi connectivity index (χ1) is 13.8. The van der Waals surface area contributed by atoms with Crippen molar-refractivity contribution in [1.29, 1.82) is 0 Å². The van der Waals surface area contributed by atoms with E-state index in [4.69, 9.17) is 11.6 Å². The van der Waals surface area contributed by atoms with E-state index in [0.29, 0.717) is 43.1 Å². The van der Waals surface area contributed by atoms with E-state index in [1.165, 1.54) is 6.20 Å². The molecule has 0 unspecified atom stereocenters. The van der Waals surface area contributed by atoms with Crippen molar-refractivity contribution in [1.82, 2.24) is 24.1 Å². The zero-order chi connectivity index (χ0) is 20.6. The average Bonchev–Trinajstić information content (AvgIpc) is 3.08. The van der Waals surface area contributed by atoms with Crippen molar-refractivity contribution in [3.8, 4) is 0 Å². The van der Waals surface area contributed by atoms with E-state index in [1.807, 2.05) is 39.9 Å². The summed E-state index contributed by atoms with van der Waals surface area (Å²) in [7, 11) is 0. The third-order valence-electron chi connectivity index (χ3n) is 4.81. The van der Waals surface area contributed by atoms with Gasteiger partial charge in [0.2, 0.25) is 0 Å². The zero-order valence-corrected chi connectivity index (χ0v) is 16.1. The van der Waals surface area contributed by atoms with E-state index in [2.05, 4.69) is 15.0 Å². The molecule has 29 heavy (non-hydrogen) atoms. The van der Waals surface area contributed by atoms with Gasteiger partial charge in [-0.3, -0.25) is 9.69 Å². The minimum absolute atomic E-state index is 0.238. The van der Waals surface area contributed by atoms with Crippen molar-refractivity contribution in [3.63, 3.8) is 0 Å². The minimum atomic E-state index is -4.54. The quantitative estimate of drug-likeness (QED) is 0.641. The number of imidazole rings is 1. The Balaban J connectivity index is 1.41. The Bertz CT molecular complexity index is 1040. The number of halogens is 4. The summed E-state index contributed by atoms with van der Waals surface area (Å²) in [4.78, 5) is 20.8. The van der Waals surface area contributed by atoms with Crippen LogP contribution in [0.4, 0.5) is 18.9 Å². The Labute approximate surface area is 168 Å². The Hall–Kier alpha value is -2.59. The van der Waals surface area contributed by atoms with Gasteiger partial charge in [-0.15, -0.1) is 0 Å². The molecule has 0 radical (unpaired) electrons. The van der Waals surface area contributed by atoms with Crippen molar-refractivity contribution in [2.75, 3.05) is 31.1 Å². The van der Waals surface area contributed by atoms with Crippen LogP contribution in [0, 0.1) is 0 Å². The van der Waals surface area contributed by atoms with Gasteiger partial charge in [0.15, 0.2) is 0 Å². The molecule has 0 bridgehead atoms. The standard InChI is InChI=1S/C18H18ClF3N6O/c19-16-14(9-23-28(17(16)29)12-18(20,21)22)26-7-5-25(6-8-26)10-13-11-27-4-2-1-3-15(27)24-13/h1-4,9,11H,5-8,10,12H2. The number of aromatic nitrogens is 4. The van der Waals surface area contributed by atoms with Crippen molar-refractivity contribution in [3.05, 3.63) is 57.9 Å². The van der Waals surface area contributed by atoms with E-state index >= 15 is 0 Å². The van der Waals surface area contributed by atoms with Gasteiger partial charge in [0.25, 0.3) is 5.56 Å². The molecule has 0 amide bonds. The van der Waals surface area contributed by atoms with Crippen LogP contribution >= 0.6 is 11.6 Å². The van der Waals surface area contributed by atoms with Crippen molar-refractivity contribution in [2.24, 2.45) is 0 Å². The molecule has 0 aromatic carbocycles. The molecule has 4 rings (SSSR count). The predicted molar refractivity (Wildman–Crippen MR) is 102 cm³/mol. The third-order valence-corrected chi connectivity index (χ3v) is 5.16. The summed E-state index contributed by atoms with van der Waals surface area (Å²) >= 11 is 6.06. The van der Waals surface area contributed by atoms with E-state index in [1.54, 1.807) is 0 Å². The largest absolute Gasteiger partial charge is 0.408 e. The Kier molecular flexibility index (Phi) is 5.22. The minimum Gasteiger partial charge on any atom is -0.366 e. The number of fused-ring (bicyclic) bond motifs is 1. The van der Waals surface area contributed by atoms with Crippen LogP contribution in [0.5, 0.6) is 0 Å². The molecule has 11 heteroatoms. The molecule has 0 aliphatic carbocycles. The lowest BCUT2D eigenvalue weighted by Gasteiger charge is -2.35. The molecule has 154 valence electrons. The highest BCUT2D eigenvalue weighted by Crippen LogP contribution is 2.24. The molecule has 1 aliphatic heterocycles. The monoisotopic (exact) mass is 426 g/mol. The lowest BCUT2D eigenvalue weighted by molar-refractivity contribution is -0.143. The lowest BCUT2D eigenvalue weighted by Crippen LogP contribution is -2.46. The van der Waals surface area contributed by atoms with Crippen LogP contribution in [0.3, 0.4) is 0 Å². The van der Waals surface area contributed by atoms with Crippen LogP contribution in [-0.4, -0.2) is 56.4 Å². The smallest absolute Gasteiger partial charge is 0.366 e. The van der Waals surface area contributed by atoms with Crippen molar-refractivity contribution < 1.29 is 13.2 Å². The first-order valence-corrected chi connectivity index (χ1v) is 9.40. The van der Waals surface area contributed by atoms with Crippen LogP contribution in [-0.2, 0) is 13.1 Å². The van der Waals surface area contributed by atoms with E-state index < -0.39 is 18.3 Å². The SMILES string of the molecule is O=c1c(Cl)c(N2CCN(Cc3cn4ccccc4n3)CC2)cnn1CC(F)(F)F. The summed E-state index contributed by atoms with van der Waals surface area (Å²) in [6, 6.07) is 5.82. The second-order valence-electron chi connectivity index (χ2n) is 6.88. The number of piperazine rings is 1. The van der Waals surface area contributed by atoms with Gasteiger partial charge in [0, 0.05) is 45.1 Å². The molecule has 1 saturated heterocycles. The Morgan fingerprint density at radius 3 is 2.59 bits per heavy atom. The lowest BCUT2D eigenvalue weighted by atomic mass is 10.2. The van der Waals surface area contributed by atoms with E-state index in [9.17, 15) is 18.0 Å². The van der Waals surface area contributed by atoms with Crippen molar-refractivity contribution in [2.45, 2.75) is 19.3 Å². The van der Waals surface area contributed by atoms with Crippen LogP contribution in [0.25, 0.3) is 5.65 Å². The highest BCUT2D eigenvalue weighted by molar-refractivity contribution is 6.33. The number of anilines is 1. The van der Waals surface area contributed by atoms with Gasteiger partial charge >= 0.3 is 6.18 Å². The summed E-state index contributed by atoms with van der Waals surface area (Å²) in [6.45, 7) is 1.80. The van der Waals surface area contributed by atoms with Crippen LogP contribution in [0.2, 0.25) is 5.02 Å². The number of hydrogen-bond acceptors (Lipinski definition) is 5. The molecule has 0 spiro atoms. The third kappa shape index (κ3) is 4.38. The molecule has 7 nitrogen and oxygen atoms in total. The zero-order valence-electron chi connectivity index (χ0n) is 15.3. The fraction of sp³-hybridized carbons (Fsp3) is 0.389. The highest BCUT2D eigenvalue weighted by Gasteiger charge is 2.30. The Morgan fingerprint density at radius 1 is 1.14 bits per heavy atom. The molecular formula is C18H18ClF3N6O.